The van der Waals surface area contributed by atoms with Gasteiger partial charge < -0.3 is 11.1 Å². The minimum Gasteiger partial charge on any atom is -0.398 e. The zero-order valence-corrected chi connectivity index (χ0v) is 10.8. The molecule has 98 valence electrons. The molecule has 0 atom stereocenters. The van der Waals surface area contributed by atoms with Crippen molar-refractivity contribution in [2.75, 3.05) is 5.73 Å². The van der Waals surface area contributed by atoms with Crippen molar-refractivity contribution >= 4 is 11.6 Å². The Kier molecular flexibility index (Phi) is 3.28. The number of halogens is 1. The van der Waals surface area contributed by atoms with Crippen molar-refractivity contribution in [3.63, 3.8) is 0 Å². The van der Waals surface area contributed by atoms with Crippen LogP contribution in [0.25, 0.3) is 0 Å². The number of carbonyl (C=O) groups excluding carboxylic acids is 1. The number of carbonyl (C=O) groups is 1. The van der Waals surface area contributed by atoms with E-state index in [1.54, 1.807) is 6.92 Å². The van der Waals surface area contributed by atoms with E-state index >= 15 is 0 Å². The SMILES string of the molecule is CCC1(NC(=O)c2cc(N)c(C)c(F)c2)CCC1. The molecule has 0 bridgehead atoms. The van der Waals surface area contributed by atoms with Gasteiger partial charge in [-0.15, -0.1) is 0 Å². The number of benzene rings is 1. The van der Waals surface area contributed by atoms with Crippen LogP contribution in [0.3, 0.4) is 0 Å². The van der Waals surface area contributed by atoms with Gasteiger partial charge in [0.05, 0.1) is 0 Å². The van der Waals surface area contributed by atoms with Gasteiger partial charge in [-0.3, -0.25) is 4.79 Å². The lowest BCUT2D eigenvalue weighted by Crippen LogP contribution is -2.53. The first kappa shape index (κ1) is 12.9. The normalized spacial score (nSPS) is 17.1. The number of rotatable bonds is 3. The Morgan fingerprint density at radius 3 is 2.61 bits per heavy atom. The van der Waals surface area contributed by atoms with Crippen LogP contribution >= 0.6 is 0 Å². The predicted octanol–water partition coefficient (Wildman–Crippen LogP) is 2.78. The van der Waals surface area contributed by atoms with E-state index in [1.165, 1.54) is 12.1 Å². The van der Waals surface area contributed by atoms with Gasteiger partial charge in [0, 0.05) is 22.4 Å². The van der Waals surface area contributed by atoms with E-state index in [1.807, 2.05) is 0 Å². The minimum absolute atomic E-state index is 0.0901. The number of hydrogen-bond acceptors (Lipinski definition) is 2. The molecular weight excluding hydrogens is 231 g/mol. The van der Waals surface area contributed by atoms with Crippen LogP contribution in [-0.2, 0) is 0 Å². The van der Waals surface area contributed by atoms with Crippen LogP contribution in [0.1, 0.15) is 48.5 Å². The van der Waals surface area contributed by atoms with E-state index in [-0.39, 0.29) is 11.4 Å². The van der Waals surface area contributed by atoms with Crippen molar-refractivity contribution in [2.45, 2.75) is 45.1 Å². The Morgan fingerprint density at radius 1 is 1.50 bits per heavy atom. The highest BCUT2D eigenvalue weighted by atomic mass is 19.1. The fourth-order valence-corrected chi connectivity index (χ4v) is 2.31. The highest BCUT2D eigenvalue weighted by Gasteiger charge is 2.36. The van der Waals surface area contributed by atoms with Gasteiger partial charge in [-0.1, -0.05) is 6.92 Å². The number of hydrogen-bond donors (Lipinski definition) is 2. The van der Waals surface area contributed by atoms with Gasteiger partial charge in [0.2, 0.25) is 0 Å². The molecule has 2 rings (SSSR count). The lowest BCUT2D eigenvalue weighted by Gasteiger charge is -2.42. The Morgan fingerprint density at radius 2 is 2.17 bits per heavy atom. The van der Waals surface area contributed by atoms with Gasteiger partial charge in [-0.25, -0.2) is 4.39 Å². The van der Waals surface area contributed by atoms with E-state index < -0.39 is 5.82 Å². The second-order valence-electron chi connectivity index (χ2n) is 5.11. The largest absolute Gasteiger partial charge is 0.398 e. The lowest BCUT2D eigenvalue weighted by atomic mass is 9.74. The average molecular weight is 250 g/mol. The molecule has 3 nitrogen and oxygen atoms in total. The molecule has 1 fully saturated rings. The summed E-state index contributed by atoms with van der Waals surface area (Å²) >= 11 is 0. The molecule has 4 heteroatoms. The number of anilines is 1. The van der Waals surface area contributed by atoms with Crippen LogP contribution in [0, 0.1) is 12.7 Å². The molecule has 1 aromatic carbocycles. The van der Waals surface area contributed by atoms with Crippen molar-refractivity contribution in [2.24, 2.45) is 0 Å². The highest BCUT2D eigenvalue weighted by molar-refractivity contribution is 5.95. The smallest absolute Gasteiger partial charge is 0.251 e. The third-order valence-electron chi connectivity index (χ3n) is 4.01. The highest BCUT2D eigenvalue weighted by Crippen LogP contribution is 2.35. The first-order valence-corrected chi connectivity index (χ1v) is 6.35. The maximum absolute atomic E-state index is 13.6. The Bertz CT molecular complexity index is 452. The quantitative estimate of drug-likeness (QED) is 0.810. The summed E-state index contributed by atoms with van der Waals surface area (Å²) in [6.07, 6.45) is 4.04. The van der Waals surface area contributed by atoms with E-state index in [9.17, 15) is 9.18 Å². The van der Waals surface area contributed by atoms with E-state index in [4.69, 9.17) is 5.73 Å². The fraction of sp³-hybridized carbons (Fsp3) is 0.500. The Labute approximate surface area is 107 Å². The summed E-state index contributed by atoms with van der Waals surface area (Å²) < 4.78 is 13.6. The predicted molar refractivity (Wildman–Crippen MR) is 69.9 cm³/mol. The third-order valence-corrected chi connectivity index (χ3v) is 4.01. The van der Waals surface area contributed by atoms with E-state index in [0.29, 0.717) is 16.8 Å². The maximum atomic E-state index is 13.6. The van der Waals surface area contributed by atoms with Crippen molar-refractivity contribution in [3.8, 4) is 0 Å². The fourth-order valence-electron chi connectivity index (χ4n) is 2.31. The third kappa shape index (κ3) is 2.19. The van der Waals surface area contributed by atoms with Crippen LogP contribution in [0.5, 0.6) is 0 Å². The number of nitrogen functional groups attached to an aromatic ring is 1. The first-order chi connectivity index (χ1) is 8.47. The maximum Gasteiger partial charge on any atom is 0.251 e. The molecule has 3 N–H and O–H groups in total. The number of nitrogens with one attached hydrogen (secondary N) is 1. The molecule has 0 unspecified atom stereocenters. The first-order valence-electron chi connectivity index (χ1n) is 6.35. The van der Waals surface area contributed by atoms with Crippen molar-refractivity contribution < 1.29 is 9.18 Å². The molecule has 0 spiro atoms. The molecule has 0 aromatic heterocycles. The van der Waals surface area contributed by atoms with Crippen LogP contribution in [0.2, 0.25) is 0 Å². The van der Waals surface area contributed by atoms with E-state index in [0.717, 1.165) is 25.7 Å². The Hall–Kier alpha value is -1.58. The number of nitrogens with two attached hydrogens (primary N) is 1. The molecule has 1 aromatic rings. The summed E-state index contributed by atoms with van der Waals surface area (Å²) in [7, 11) is 0. The molecule has 0 saturated heterocycles. The van der Waals surface area contributed by atoms with Gasteiger partial charge in [-0.2, -0.15) is 0 Å². The summed E-state index contributed by atoms with van der Waals surface area (Å²) in [6.45, 7) is 3.66. The van der Waals surface area contributed by atoms with Gasteiger partial charge in [0.15, 0.2) is 0 Å². The van der Waals surface area contributed by atoms with Gasteiger partial charge in [-0.05, 0) is 44.7 Å². The summed E-state index contributed by atoms with van der Waals surface area (Å²) in [4.78, 5) is 12.1. The number of amides is 1. The molecule has 1 saturated carbocycles. The topological polar surface area (TPSA) is 55.1 Å². The summed E-state index contributed by atoms with van der Waals surface area (Å²) in [6, 6.07) is 2.79. The second-order valence-corrected chi connectivity index (χ2v) is 5.11. The summed E-state index contributed by atoms with van der Waals surface area (Å²) in [5, 5.41) is 3.01. The minimum atomic E-state index is -0.431. The van der Waals surface area contributed by atoms with Crippen molar-refractivity contribution in [1.29, 1.82) is 0 Å². The summed E-state index contributed by atoms with van der Waals surface area (Å²) in [5.74, 6) is -0.665. The van der Waals surface area contributed by atoms with Crippen LogP contribution in [-0.4, -0.2) is 11.4 Å². The molecule has 18 heavy (non-hydrogen) atoms. The van der Waals surface area contributed by atoms with Gasteiger partial charge in [0.25, 0.3) is 5.91 Å². The Balaban J connectivity index is 2.19. The molecule has 1 aliphatic rings. The summed E-state index contributed by atoms with van der Waals surface area (Å²) in [5.41, 5.74) is 6.60. The average Bonchev–Trinajstić information content (AvgIpc) is 2.29. The molecule has 0 aliphatic heterocycles. The zero-order valence-electron chi connectivity index (χ0n) is 10.8. The van der Waals surface area contributed by atoms with Gasteiger partial charge in [0.1, 0.15) is 5.82 Å². The molecular formula is C14H19FN2O. The van der Waals surface area contributed by atoms with Crippen LogP contribution in [0.4, 0.5) is 10.1 Å². The molecule has 1 amide bonds. The standard InChI is InChI=1S/C14H19FN2O/c1-3-14(5-4-6-14)17-13(18)10-7-11(15)9(2)12(16)8-10/h7-8H,3-6,16H2,1-2H3,(H,17,18). The second kappa shape index (κ2) is 4.59. The molecule has 0 heterocycles. The molecule has 0 radical (unpaired) electrons. The van der Waals surface area contributed by atoms with Crippen LogP contribution in [0.15, 0.2) is 12.1 Å². The monoisotopic (exact) mass is 250 g/mol. The zero-order chi connectivity index (χ0) is 13.3. The van der Waals surface area contributed by atoms with E-state index in [2.05, 4.69) is 12.2 Å². The van der Waals surface area contributed by atoms with Crippen molar-refractivity contribution in [1.82, 2.24) is 5.32 Å². The molecule has 1 aliphatic carbocycles. The van der Waals surface area contributed by atoms with Gasteiger partial charge >= 0.3 is 0 Å². The lowest BCUT2D eigenvalue weighted by molar-refractivity contribution is 0.0820. The van der Waals surface area contributed by atoms with Crippen LogP contribution < -0.4 is 11.1 Å². The van der Waals surface area contributed by atoms with Crippen molar-refractivity contribution in [3.05, 3.63) is 29.1 Å².